The third kappa shape index (κ3) is 7.88. The number of imidazole rings is 1. The van der Waals surface area contributed by atoms with E-state index in [0.29, 0.717) is 28.5 Å². The third-order valence-electron chi connectivity index (χ3n) is 5.79. The Balaban J connectivity index is 1.40. The Bertz CT molecular complexity index is 1410. The van der Waals surface area contributed by atoms with Gasteiger partial charge < -0.3 is 19.8 Å². The van der Waals surface area contributed by atoms with Gasteiger partial charge in [0.15, 0.2) is 6.10 Å². The highest BCUT2D eigenvalue weighted by atomic mass is 32.2. The first-order valence-corrected chi connectivity index (χ1v) is 14.0. The molecule has 2 heterocycles. The van der Waals surface area contributed by atoms with E-state index in [0.717, 1.165) is 0 Å². The number of sulfonamides is 1. The van der Waals surface area contributed by atoms with Crippen molar-refractivity contribution in [3.63, 3.8) is 0 Å². The largest absolute Gasteiger partial charge is 0.478 e. The molecule has 206 valence electrons. The van der Waals surface area contributed by atoms with E-state index in [1.807, 2.05) is 0 Å². The highest BCUT2D eigenvalue weighted by Gasteiger charge is 2.30. The number of ether oxygens (including phenoxy) is 2. The van der Waals surface area contributed by atoms with E-state index >= 15 is 0 Å². The molecule has 39 heavy (non-hydrogen) atoms. The second-order valence-electron chi connectivity index (χ2n) is 8.82. The number of carbonyl (C=O) groups excluding carboxylic acids is 3. The van der Waals surface area contributed by atoms with Gasteiger partial charge >= 0.3 is 5.97 Å². The lowest BCUT2D eigenvalue weighted by molar-refractivity contribution is -0.145. The molecule has 0 spiro atoms. The van der Waals surface area contributed by atoms with Crippen molar-refractivity contribution in [3.05, 3.63) is 72.1 Å². The number of benzene rings is 2. The zero-order valence-corrected chi connectivity index (χ0v) is 22.0. The van der Waals surface area contributed by atoms with E-state index in [1.54, 1.807) is 61.7 Å². The van der Waals surface area contributed by atoms with E-state index < -0.39 is 34.0 Å². The molecule has 0 saturated carbocycles. The summed E-state index contributed by atoms with van der Waals surface area (Å²) in [5.74, 6) is -1.03. The quantitative estimate of drug-likeness (QED) is 0.246. The van der Waals surface area contributed by atoms with Crippen molar-refractivity contribution in [2.24, 2.45) is 0 Å². The predicted molar refractivity (Wildman–Crippen MR) is 142 cm³/mol. The number of hydrogen-bond donors (Lipinski definition) is 4. The summed E-state index contributed by atoms with van der Waals surface area (Å²) in [6.07, 6.45) is 2.39. The van der Waals surface area contributed by atoms with Gasteiger partial charge in [-0.05, 0) is 36.6 Å². The molecule has 2 amide bonds. The molecule has 0 aliphatic carbocycles. The van der Waals surface area contributed by atoms with Crippen LogP contribution in [0, 0.1) is 0 Å². The molecule has 0 fully saturated rings. The first kappa shape index (κ1) is 27.8. The van der Waals surface area contributed by atoms with Crippen LogP contribution < -0.4 is 20.1 Å². The van der Waals surface area contributed by atoms with Crippen LogP contribution in [0.4, 0.5) is 11.6 Å². The Kier molecular flexibility index (Phi) is 8.94. The van der Waals surface area contributed by atoms with Crippen LogP contribution in [0.1, 0.15) is 30.9 Å². The number of fused-ring (bicyclic) bond motifs is 1. The molecule has 4 rings (SSSR count). The van der Waals surface area contributed by atoms with Crippen molar-refractivity contribution in [1.82, 2.24) is 14.7 Å². The summed E-state index contributed by atoms with van der Waals surface area (Å²) in [5, 5.41) is 5.35. The molecule has 1 aliphatic rings. The molecule has 2 aromatic carbocycles. The number of nitrogens with zero attached hydrogens (tertiary/aromatic N) is 1. The molecule has 13 heteroatoms. The molecule has 1 aromatic heterocycles. The number of amides is 2. The van der Waals surface area contributed by atoms with Crippen molar-refractivity contribution in [2.45, 2.75) is 44.1 Å². The Morgan fingerprint density at radius 3 is 2.67 bits per heavy atom. The summed E-state index contributed by atoms with van der Waals surface area (Å²) < 4.78 is 38.9. The Hall–Kier alpha value is -4.23. The molecule has 0 bridgehead atoms. The Labute approximate surface area is 225 Å². The smallest absolute Gasteiger partial charge is 0.324 e. The van der Waals surface area contributed by atoms with E-state index in [2.05, 4.69) is 25.3 Å². The number of aromatic nitrogens is 2. The monoisotopic (exact) mass is 555 g/mol. The van der Waals surface area contributed by atoms with Gasteiger partial charge in [0.25, 0.3) is 5.91 Å². The summed E-state index contributed by atoms with van der Waals surface area (Å²) in [5.41, 5.74) is 1.53. The topological polar surface area (TPSA) is 169 Å². The molecule has 0 radical (unpaired) electrons. The van der Waals surface area contributed by atoms with Gasteiger partial charge in [0.1, 0.15) is 11.8 Å². The van der Waals surface area contributed by atoms with Crippen LogP contribution in [0.5, 0.6) is 5.75 Å². The van der Waals surface area contributed by atoms with Crippen molar-refractivity contribution in [1.29, 1.82) is 0 Å². The fourth-order valence-electron chi connectivity index (χ4n) is 4.01. The molecular weight excluding hydrogens is 526 g/mol. The van der Waals surface area contributed by atoms with Crippen LogP contribution in [-0.2, 0) is 41.3 Å². The van der Waals surface area contributed by atoms with Gasteiger partial charge in [0, 0.05) is 25.2 Å². The van der Waals surface area contributed by atoms with Crippen molar-refractivity contribution >= 4 is 39.4 Å². The highest BCUT2D eigenvalue weighted by Crippen LogP contribution is 2.32. The maximum Gasteiger partial charge on any atom is 0.324 e. The Morgan fingerprint density at radius 1 is 1.15 bits per heavy atom. The molecule has 3 aromatic rings. The predicted octanol–water partition coefficient (Wildman–Crippen LogP) is 2.12. The average molecular weight is 556 g/mol. The van der Waals surface area contributed by atoms with Crippen LogP contribution in [0.2, 0.25) is 0 Å². The van der Waals surface area contributed by atoms with Gasteiger partial charge in [-0.1, -0.05) is 36.4 Å². The Morgan fingerprint density at radius 2 is 1.95 bits per heavy atom. The molecule has 1 aliphatic heterocycles. The van der Waals surface area contributed by atoms with Crippen LogP contribution in [-0.4, -0.2) is 54.9 Å². The van der Waals surface area contributed by atoms with Gasteiger partial charge in [-0.2, -0.15) is 0 Å². The van der Waals surface area contributed by atoms with E-state index in [1.165, 1.54) is 6.20 Å². The fraction of sp³-hybridized carbons (Fsp3) is 0.308. The van der Waals surface area contributed by atoms with Gasteiger partial charge in [0.05, 0.1) is 18.0 Å². The second kappa shape index (κ2) is 12.5. The molecule has 2 atom stereocenters. The fourth-order valence-corrected chi connectivity index (χ4v) is 5.34. The maximum absolute atomic E-state index is 12.8. The lowest BCUT2D eigenvalue weighted by Crippen LogP contribution is -2.43. The lowest BCUT2D eigenvalue weighted by Gasteiger charge is -2.26. The maximum atomic E-state index is 12.8. The number of H-pyrrole nitrogens is 1. The number of carbonyl (C=O) groups is 3. The molecule has 0 unspecified atom stereocenters. The first-order chi connectivity index (χ1) is 18.7. The van der Waals surface area contributed by atoms with Crippen LogP contribution in [0.15, 0.2) is 60.9 Å². The minimum absolute atomic E-state index is 0.00756. The summed E-state index contributed by atoms with van der Waals surface area (Å²) in [6, 6.07) is 12.4. The van der Waals surface area contributed by atoms with Gasteiger partial charge in [-0.3, -0.25) is 19.7 Å². The van der Waals surface area contributed by atoms with Crippen LogP contribution >= 0.6 is 0 Å². The molecule has 4 N–H and O–H groups in total. The number of esters is 1. The van der Waals surface area contributed by atoms with Crippen molar-refractivity contribution in [2.75, 3.05) is 17.2 Å². The van der Waals surface area contributed by atoms with Crippen LogP contribution in [0.25, 0.3) is 0 Å². The number of anilines is 2. The number of nitrogens with one attached hydrogen (secondary N) is 4. The van der Waals surface area contributed by atoms with Gasteiger partial charge in [-0.25, -0.2) is 18.1 Å². The molecule has 12 nitrogen and oxygen atoms in total. The third-order valence-corrected chi connectivity index (χ3v) is 7.14. The van der Waals surface area contributed by atoms with E-state index in [-0.39, 0.29) is 37.5 Å². The number of rotatable bonds is 12. The van der Waals surface area contributed by atoms with Crippen molar-refractivity contribution in [3.8, 4) is 5.75 Å². The number of aromatic amines is 1. The average Bonchev–Trinajstić information content (AvgIpc) is 3.40. The zero-order chi connectivity index (χ0) is 27.8. The zero-order valence-electron chi connectivity index (χ0n) is 21.2. The first-order valence-electron chi connectivity index (χ1n) is 12.3. The standard InChI is InChI=1S/C26H29N5O7S/c1-2-37-25(34)20(31-39(35,36)16-17-6-4-3-5-7-17)15-18-8-9-21-19(14-18)29-24(33)22(38-21)10-11-23(32)30-26-27-12-13-28-26/h3-9,12-14,20,22,31H,2,10-11,15-16H2,1H3,(H,29,33)(H2,27,28,30,32)/t20-,22+/m0/s1. The van der Waals surface area contributed by atoms with E-state index in [4.69, 9.17) is 9.47 Å². The van der Waals surface area contributed by atoms with Crippen LogP contribution in [0.3, 0.4) is 0 Å². The normalized spacial score (nSPS) is 15.4. The molecule has 0 saturated heterocycles. The van der Waals surface area contributed by atoms with E-state index in [9.17, 15) is 22.8 Å². The summed E-state index contributed by atoms with van der Waals surface area (Å²) in [7, 11) is -3.86. The van der Waals surface area contributed by atoms with Gasteiger partial charge in [0.2, 0.25) is 21.9 Å². The second-order valence-corrected chi connectivity index (χ2v) is 10.6. The highest BCUT2D eigenvalue weighted by molar-refractivity contribution is 7.88. The summed E-state index contributed by atoms with van der Waals surface area (Å²) in [4.78, 5) is 44.0. The SMILES string of the molecule is CCOC(=O)[C@H](Cc1ccc2c(c1)NC(=O)[C@@H](CCC(=O)Nc1ncc[nH]1)O2)NS(=O)(=O)Cc1ccccc1. The van der Waals surface area contributed by atoms with Crippen molar-refractivity contribution < 1.29 is 32.3 Å². The molecular formula is C26H29N5O7S. The number of hydrogen-bond acceptors (Lipinski definition) is 8. The lowest BCUT2D eigenvalue weighted by atomic mass is 10.0. The van der Waals surface area contributed by atoms with Gasteiger partial charge in [-0.15, -0.1) is 0 Å². The minimum Gasteiger partial charge on any atom is -0.478 e. The summed E-state index contributed by atoms with van der Waals surface area (Å²) >= 11 is 0. The summed E-state index contributed by atoms with van der Waals surface area (Å²) in [6.45, 7) is 1.72. The minimum atomic E-state index is -3.86.